The predicted molar refractivity (Wildman–Crippen MR) is 92.6 cm³/mol. The van der Waals surface area contributed by atoms with E-state index in [9.17, 15) is 0 Å². The summed E-state index contributed by atoms with van der Waals surface area (Å²) >= 11 is 1.71. The van der Waals surface area contributed by atoms with Crippen molar-refractivity contribution in [3.05, 3.63) is 40.3 Å². The van der Waals surface area contributed by atoms with Crippen LogP contribution in [-0.4, -0.2) is 39.0 Å². The largest absolute Gasteiger partial charge is 0.367 e. The number of thiophene rings is 1. The third-order valence-corrected chi connectivity index (χ3v) is 5.42. The van der Waals surface area contributed by atoms with Gasteiger partial charge in [-0.3, -0.25) is 0 Å². The summed E-state index contributed by atoms with van der Waals surface area (Å²) in [5, 5.41) is 17.7. The smallest absolute Gasteiger partial charge is 0.178 e. The lowest BCUT2D eigenvalue weighted by Crippen LogP contribution is -2.43. The molecular weight excluding hydrogens is 322 g/mol. The summed E-state index contributed by atoms with van der Waals surface area (Å²) in [4.78, 5) is 2.31. The summed E-state index contributed by atoms with van der Waals surface area (Å²) in [5.74, 6) is 2.51. The van der Waals surface area contributed by atoms with Crippen molar-refractivity contribution in [2.24, 2.45) is 0 Å². The van der Waals surface area contributed by atoms with E-state index in [1.165, 1.54) is 18.4 Å². The molecule has 24 heavy (non-hydrogen) atoms. The van der Waals surface area contributed by atoms with Gasteiger partial charge in [0.05, 0.1) is 6.10 Å². The monoisotopic (exact) mass is 341 g/mol. The Balaban J connectivity index is 1.48. The van der Waals surface area contributed by atoms with Gasteiger partial charge in [-0.15, -0.1) is 15.3 Å². The Morgan fingerprint density at radius 1 is 1.17 bits per heavy atom. The first-order chi connectivity index (χ1) is 11.8. The number of nitrogens with zero attached hydrogens (tertiary/aromatic N) is 5. The summed E-state index contributed by atoms with van der Waals surface area (Å²) in [6, 6.07) is 6.21. The van der Waals surface area contributed by atoms with Crippen molar-refractivity contribution in [2.75, 3.05) is 18.0 Å². The van der Waals surface area contributed by atoms with E-state index in [1.807, 2.05) is 16.6 Å². The van der Waals surface area contributed by atoms with Crippen LogP contribution in [0.25, 0.3) is 5.65 Å². The van der Waals surface area contributed by atoms with Crippen molar-refractivity contribution < 1.29 is 4.74 Å². The molecule has 2 atom stereocenters. The highest BCUT2D eigenvalue weighted by Crippen LogP contribution is 2.39. The van der Waals surface area contributed by atoms with Gasteiger partial charge >= 0.3 is 0 Å². The van der Waals surface area contributed by atoms with Crippen LogP contribution in [0.4, 0.5) is 5.82 Å². The number of rotatable bonds is 3. The van der Waals surface area contributed by atoms with Gasteiger partial charge in [0.25, 0.3) is 0 Å². The molecule has 5 rings (SSSR count). The predicted octanol–water partition coefficient (Wildman–Crippen LogP) is 3.03. The average molecular weight is 341 g/mol. The molecule has 1 saturated carbocycles. The maximum atomic E-state index is 6.13. The first-order valence-corrected chi connectivity index (χ1v) is 9.37. The summed E-state index contributed by atoms with van der Waals surface area (Å²) in [6.45, 7) is 3.79. The van der Waals surface area contributed by atoms with Gasteiger partial charge in [0.15, 0.2) is 11.5 Å². The molecule has 0 N–H and O–H groups in total. The number of morpholine rings is 1. The van der Waals surface area contributed by atoms with Crippen LogP contribution in [0, 0.1) is 0 Å². The molecule has 0 spiro atoms. The molecule has 7 heteroatoms. The molecular formula is C17H19N5OS. The Hall–Kier alpha value is -1.99. The third-order valence-electron chi connectivity index (χ3n) is 4.71. The Morgan fingerprint density at radius 2 is 2.08 bits per heavy atom. The Morgan fingerprint density at radius 3 is 2.88 bits per heavy atom. The van der Waals surface area contributed by atoms with E-state index < -0.39 is 0 Å². The lowest BCUT2D eigenvalue weighted by atomic mass is 10.1. The van der Waals surface area contributed by atoms with Gasteiger partial charge in [-0.25, -0.2) is 0 Å². The van der Waals surface area contributed by atoms with E-state index in [1.54, 1.807) is 11.3 Å². The second-order valence-corrected chi connectivity index (χ2v) is 7.47. The molecule has 4 heterocycles. The summed E-state index contributed by atoms with van der Waals surface area (Å²) in [7, 11) is 0. The van der Waals surface area contributed by atoms with Crippen LogP contribution in [0.2, 0.25) is 0 Å². The fourth-order valence-electron chi connectivity index (χ4n) is 3.34. The van der Waals surface area contributed by atoms with E-state index in [0.29, 0.717) is 5.92 Å². The minimum absolute atomic E-state index is 0.0984. The highest BCUT2D eigenvalue weighted by Gasteiger charge is 2.31. The second kappa shape index (κ2) is 5.53. The number of hydrogen-bond donors (Lipinski definition) is 0. The lowest BCUT2D eigenvalue weighted by Gasteiger charge is -2.37. The van der Waals surface area contributed by atoms with Crippen LogP contribution < -0.4 is 4.90 Å². The number of aromatic nitrogens is 4. The standard InChI is InChI=1S/C17H19N5OS/c1-11-8-21(9-14(23-11)13-6-7-24-10-13)16-5-4-15-18-19-17(12-2-3-12)22(15)20-16/h4-7,10-12,14H,2-3,8-9H2,1H3. The normalized spacial score (nSPS) is 24.6. The summed E-state index contributed by atoms with van der Waals surface area (Å²) in [5.41, 5.74) is 2.08. The van der Waals surface area contributed by atoms with E-state index >= 15 is 0 Å². The third kappa shape index (κ3) is 2.48. The maximum Gasteiger partial charge on any atom is 0.178 e. The fraction of sp³-hybridized carbons (Fsp3) is 0.471. The Labute approximate surface area is 144 Å². The fourth-order valence-corrected chi connectivity index (χ4v) is 4.04. The van der Waals surface area contributed by atoms with Crippen molar-refractivity contribution in [1.82, 2.24) is 19.8 Å². The van der Waals surface area contributed by atoms with Crippen LogP contribution in [0.3, 0.4) is 0 Å². The maximum absolute atomic E-state index is 6.13. The van der Waals surface area contributed by atoms with Gasteiger partial charge in [-0.2, -0.15) is 15.9 Å². The second-order valence-electron chi connectivity index (χ2n) is 6.69. The summed E-state index contributed by atoms with van der Waals surface area (Å²) in [6.07, 6.45) is 2.66. The first kappa shape index (κ1) is 14.4. The van der Waals surface area contributed by atoms with E-state index in [-0.39, 0.29) is 12.2 Å². The van der Waals surface area contributed by atoms with Gasteiger partial charge < -0.3 is 9.64 Å². The number of anilines is 1. The molecule has 0 aromatic carbocycles. The van der Waals surface area contributed by atoms with Crippen LogP contribution >= 0.6 is 11.3 Å². The molecule has 2 fully saturated rings. The minimum atomic E-state index is 0.0984. The molecule has 0 radical (unpaired) electrons. The summed E-state index contributed by atoms with van der Waals surface area (Å²) < 4.78 is 8.06. The van der Waals surface area contributed by atoms with Crippen molar-refractivity contribution >= 4 is 22.8 Å². The zero-order chi connectivity index (χ0) is 16.1. The molecule has 1 aliphatic heterocycles. The molecule has 124 valence electrons. The SMILES string of the molecule is CC1CN(c2ccc3nnc(C4CC4)n3n2)CC(c2ccsc2)O1. The van der Waals surface area contributed by atoms with Crippen molar-refractivity contribution in [3.63, 3.8) is 0 Å². The zero-order valence-electron chi connectivity index (χ0n) is 13.5. The van der Waals surface area contributed by atoms with Gasteiger partial charge in [0, 0.05) is 19.0 Å². The molecule has 2 aliphatic rings. The molecule has 0 bridgehead atoms. The van der Waals surface area contributed by atoms with Crippen LogP contribution in [0.1, 0.15) is 43.2 Å². The molecule has 1 saturated heterocycles. The number of ether oxygens (including phenoxy) is 1. The van der Waals surface area contributed by atoms with Crippen LogP contribution in [-0.2, 0) is 4.74 Å². The Kier molecular flexibility index (Phi) is 3.31. The quantitative estimate of drug-likeness (QED) is 0.733. The highest BCUT2D eigenvalue weighted by molar-refractivity contribution is 7.07. The average Bonchev–Trinajstić information content (AvgIpc) is 3.12. The molecule has 0 amide bonds. The number of fused-ring (bicyclic) bond motifs is 1. The first-order valence-electron chi connectivity index (χ1n) is 8.43. The van der Waals surface area contributed by atoms with Gasteiger partial charge in [0.2, 0.25) is 0 Å². The van der Waals surface area contributed by atoms with Crippen molar-refractivity contribution in [1.29, 1.82) is 0 Å². The van der Waals surface area contributed by atoms with Gasteiger partial charge in [-0.1, -0.05) is 0 Å². The van der Waals surface area contributed by atoms with Gasteiger partial charge in [0.1, 0.15) is 11.9 Å². The Bertz CT molecular complexity index is 857. The van der Waals surface area contributed by atoms with Crippen LogP contribution in [0.15, 0.2) is 29.0 Å². The topological polar surface area (TPSA) is 55.6 Å². The minimum Gasteiger partial charge on any atom is -0.367 e. The zero-order valence-corrected chi connectivity index (χ0v) is 14.3. The molecule has 3 aromatic rings. The molecule has 2 unspecified atom stereocenters. The van der Waals surface area contributed by atoms with Crippen molar-refractivity contribution in [3.8, 4) is 0 Å². The van der Waals surface area contributed by atoms with E-state index in [0.717, 1.165) is 30.4 Å². The highest BCUT2D eigenvalue weighted by atomic mass is 32.1. The van der Waals surface area contributed by atoms with Crippen LogP contribution in [0.5, 0.6) is 0 Å². The molecule has 6 nitrogen and oxygen atoms in total. The van der Waals surface area contributed by atoms with E-state index in [4.69, 9.17) is 9.84 Å². The van der Waals surface area contributed by atoms with Crippen molar-refractivity contribution in [2.45, 2.75) is 37.9 Å². The lowest BCUT2D eigenvalue weighted by molar-refractivity contribution is -0.0174. The van der Waals surface area contributed by atoms with E-state index in [2.05, 4.69) is 38.8 Å². The van der Waals surface area contributed by atoms with Gasteiger partial charge in [-0.05, 0) is 54.3 Å². The number of hydrogen-bond acceptors (Lipinski definition) is 6. The molecule has 1 aliphatic carbocycles. The molecule has 3 aromatic heterocycles.